The number of hydrogen-bond acceptors (Lipinski definition) is 5. The molecule has 0 spiro atoms. The standard InChI is InChI=1S/C24H18F4N6/c1-33-20-16-12-29-13-17(25)19(16)22(30-21(20)31-32-33)34-11-3-5-15-14(4-2-6-18(15)34)7-8-23(9-10-23)24(26,27)28/h2,4,6,12-13H,3,5,9-11H2,1H3. The molecule has 0 amide bonds. The van der Waals surface area contributed by atoms with E-state index in [-0.39, 0.29) is 12.8 Å². The van der Waals surface area contributed by atoms with Gasteiger partial charge in [-0.25, -0.2) is 14.1 Å². The minimum absolute atomic E-state index is 0.0337. The number of rotatable bonds is 1. The number of alkyl halides is 3. The predicted octanol–water partition coefficient (Wildman–Crippen LogP) is 4.83. The number of benzene rings is 1. The molecule has 1 aliphatic heterocycles. The summed E-state index contributed by atoms with van der Waals surface area (Å²) in [5, 5.41) is 8.96. The molecular formula is C24H18F4N6. The average Bonchev–Trinajstić information content (AvgIpc) is 3.53. The molecule has 6 nitrogen and oxygen atoms in total. The molecule has 0 radical (unpaired) electrons. The summed E-state index contributed by atoms with van der Waals surface area (Å²) in [4.78, 5) is 10.5. The lowest BCUT2D eigenvalue weighted by atomic mass is 9.95. The van der Waals surface area contributed by atoms with Crippen LogP contribution in [-0.4, -0.2) is 37.7 Å². The first-order valence-corrected chi connectivity index (χ1v) is 10.9. The fourth-order valence-electron chi connectivity index (χ4n) is 4.66. The number of aromatic nitrogens is 5. The first kappa shape index (κ1) is 20.8. The highest BCUT2D eigenvalue weighted by Gasteiger charge is 2.62. The van der Waals surface area contributed by atoms with Crippen molar-refractivity contribution in [3.05, 3.63) is 47.5 Å². The number of halogens is 4. The summed E-state index contributed by atoms with van der Waals surface area (Å²) in [5.41, 5.74) is 1.19. The zero-order valence-corrected chi connectivity index (χ0v) is 18.1. The van der Waals surface area contributed by atoms with Gasteiger partial charge in [0.2, 0.25) is 5.65 Å². The van der Waals surface area contributed by atoms with Crippen molar-refractivity contribution in [2.45, 2.75) is 31.9 Å². The maximum Gasteiger partial charge on any atom is 0.405 e. The van der Waals surface area contributed by atoms with Gasteiger partial charge in [-0.3, -0.25) is 4.98 Å². The van der Waals surface area contributed by atoms with Crippen LogP contribution in [0.5, 0.6) is 0 Å². The topological polar surface area (TPSA) is 59.7 Å². The number of aryl methyl sites for hydroxylation is 1. The molecule has 0 bridgehead atoms. The lowest BCUT2D eigenvalue weighted by molar-refractivity contribution is -0.168. The van der Waals surface area contributed by atoms with Crippen LogP contribution in [0.25, 0.3) is 21.9 Å². The molecule has 1 fully saturated rings. The maximum absolute atomic E-state index is 15.1. The number of hydrogen-bond donors (Lipinski definition) is 0. The van der Waals surface area contributed by atoms with Crippen molar-refractivity contribution in [2.24, 2.45) is 12.5 Å². The van der Waals surface area contributed by atoms with Gasteiger partial charge in [-0.1, -0.05) is 23.1 Å². The summed E-state index contributed by atoms with van der Waals surface area (Å²) in [6.07, 6.45) is -0.189. The Morgan fingerprint density at radius 2 is 1.97 bits per heavy atom. The average molecular weight is 466 g/mol. The predicted molar refractivity (Wildman–Crippen MR) is 118 cm³/mol. The monoisotopic (exact) mass is 466 g/mol. The Bertz CT molecular complexity index is 1520. The third-order valence-corrected chi connectivity index (χ3v) is 6.63. The molecule has 1 aliphatic carbocycles. The number of nitrogens with zero attached hydrogens (tertiary/aromatic N) is 6. The second kappa shape index (κ2) is 7.13. The van der Waals surface area contributed by atoms with Crippen molar-refractivity contribution in [1.29, 1.82) is 0 Å². The van der Waals surface area contributed by atoms with Crippen molar-refractivity contribution in [2.75, 3.05) is 11.4 Å². The number of pyridine rings is 2. The van der Waals surface area contributed by atoms with Gasteiger partial charge in [-0.05, 0) is 43.4 Å². The SMILES string of the molecule is Cn1nnc2nc(N3CCCc4c(C#CC5(C(F)(F)F)CC5)cccc43)c3c(F)cncc3c21. The van der Waals surface area contributed by atoms with Crippen molar-refractivity contribution >= 4 is 33.4 Å². The van der Waals surface area contributed by atoms with Crippen molar-refractivity contribution in [3.63, 3.8) is 0 Å². The molecule has 1 aromatic carbocycles. The molecule has 2 aliphatic rings. The zero-order valence-electron chi connectivity index (χ0n) is 18.1. The second-order valence-electron chi connectivity index (χ2n) is 8.75. The van der Waals surface area contributed by atoms with Gasteiger partial charge in [0, 0.05) is 36.4 Å². The van der Waals surface area contributed by atoms with Crippen LogP contribution in [0.4, 0.5) is 29.1 Å². The van der Waals surface area contributed by atoms with E-state index < -0.39 is 17.4 Å². The van der Waals surface area contributed by atoms with E-state index in [4.69, 9.17) is 0 Å². The molecule has 3 aromatic heterocycles. The van der Waals surface area contributed by atoms with E-state index >= 15 is 4.39 Å². The van der Waals surface area contributed by atoms with Crippen molar-refractivity contribution in [1.82, 2.24) is 25.0 Å². The second-order valence-corrected chi connectivity index (χ2v) is 8.75. The van der Waals surface area contributed by atoms with E-state index in [9.17, 15) is 13.2 Å². The van der Waals surface area contributed by atoms with Crippen LogP contribution in [0.3, 0.4) is 0 Å². The van der Waals surface area contributed by atoms with E-state index in [1.807, 2.05) is 11.0 Å². The first-order valence-electron chi connectivity index (χ1n) is 10.9. The zero-order chi connectivity index (χ0) is 23.7. The van der Waals surface area contributed by atoms with Crippen LogP contribution in [0.2, 0.25) is 0 Å². The van der Waals surface area contributed by atoms with Crippen molar-refractivity contribution < 1.29 is 17.6 Å². The Labute approximate surface area is 191 Å². The Morgan fingerprint density at radius 3 is 2.74 bits per heavy atom. The molecule has 1 saturated carbocycles. The molecular weight excluding hydrogens is 448 g/mol. The third kappa shape index (κ3) is 3.03. The fraction of sp³-hybridized carbons (Fsp3) is 0.333. The number of fused-ring (bicyclic) bond motifs is 4. The summed E-state index contributed by atoms with van der Waals surface area (Å²) < 4.78 is 56.7. The highest BCUT2D eigenvalue weighted by Crippen LogP contribution is 2.57. The quantitative estimate of drug-likeness (QED) is 0.297. The highest BCUT2D eigenvalue weighted by molar-refractivity contribution is 6.08. The highest BCUT2D eigenvalue weighted by atomic mass is 19.4. The maximum atomic E-state index is 15.1. The minimum Gasteiger partial charge on any atom is -0.325 e. The van der Waals surface area contributed by atoms with Crippen LogP contribution in [-0.2, 0) is 13.5 Å². The van der Waals surface area contributed by atoms with E-state index in [0.717, 1.165) is 17.4 Å². The Morgan fingerprint density at radius 1 is 1.15 bits per heavy atom. The molecule has 34 heavy (non-hydrogen) atoms. The molecule has 4 aromatic rings. The van der Waals surface area contributed by atoms with Gasteiger partial charge in [0.25, 0.3) is 0 Å². The van der Waals surface area contributed by atoms with Gasteiger partial charge in [0.1, 0.15) is 16.7 Å². The first-order chi connectivity index (χ1) is 16.3. The molecule has 0 atom stereocenters. The van der Waals surface area contributed by atoms with E-state index in [0.29, 0.717) is 52.7 Å². The van der Waals surface area contributed by atoms with Crippen LogP contribution in [0.1, 0.15) is 30.4 Å². The van der Waals surface area contributed by atoms with Crippen LogP contribution in [0, 0.1) is 23.1 Å². The summed E-state index contributed by atoms with van der Waals surface area (Å²) in [5.74, 6) is 5.16. The molecule has 6 rings (SSSR count). The van der Waals surface area contributed by atoms with E-state index in [1.165, 1.54) is 4.68 Å². The summed E-state index contributed by atoms with van der Waals surface area (Å²) in [6.45, 7) is 0.562. The molecule has 4 heterocycles. The molecule has 0 unspecified atom stereocenters. The van der Waals surface area contributed by atoms with Gasteiger partial charge in [-0.15, -0.1) is 5.10 Å². The summed E-state index contributed by atoms with van der Waals surface area (Å²) >= 11 is 0. The minimum atomic E-state index is -4.33. The van der Waals surface area contributed by atoms with Crippen molar-refractivity contribution in [3.8, 4) is 11.8 Å². The summed E-state index contributed by atoms with van der Waals surface area (Å²) in [6, 6.07) is 5.36. The smallest absolute Gasteiger partial charge is 0.325 e. The lowest BCUT2D eigenvalue weighted by Gasteiger charge is -2.32. The van der Waals surface area contributed by atoms with Gasteiger partial charge in [-0.2, -0.15) is 13.2 Å². The van der Waals surface area contributed by atoms with Gasteiger partial charge < -0.3 is 4.90 Å². The van der Waals surface area contributed by atoms with E-state index in [2.05, 4.69) is 32.1 Å². The van der Waals surface area contributed by atoms with Crippen LogP contribution >= 0.6 is 0 Å². The third-order valence-electron chi connectivity index (χ3n) is 6.63. The molecule has 0 saturated heterocycles. The van der Waals surface area contributed by atoms with E-state index in [1.54, 1.807) is 25.4 Å². The molecule has 0 N–H and O–H groups in total. The Hall–Kier alpha value is -3.74. The molecule has 10 heteroatoms. The lowest BCUT2D eigenvalue weighted by Crippen LogP contribution is -2.26. The normalized spacial score (nSPS) is 16.9. The largest absolute Gasteiger partial charge is 0.405 e. The number of anilines is 2. The van der Waals surface area contributed by atoms with Crippen LogP contribution < -0.4 is 4.90 Å². The summed E-state index contributed by atoms with van der Waals surface area (Å²) in [7, 11) is 1.70. The Kier molecular flexibility index (Phi) is 4.37. The molecule has 172 valence electrons. The fourth-order valence-corrected chi connectivity index (χ4v) is 4.66. The van der Waals surface area contributed by atoms with Crippen LogP contribution in [0.15, 0.2) is 30.6 Å². The van der Waals surface area contributed by atoms with Gasteiger partial charge >= 0.3 is 6.18 Å². The van der Waals surface area contributed by atoms with Gasteiger partial charge in [0.05, 0.1) is 11.6 Å². The Balaban J connectivity index is 1.52. The van der Waals surface area contributed by atoms with Gasteiger partial charge in [0.15, 0.2) is 5.82 Å².